The summed E-state index contributed by atoms with van der Waals surface area (Å²) in [4.78, 5) is 2.65. The predicted octanol–water partition coefficient (Wildman–Crippen LogP) is 2.48. The Bertz CT molecular complexity index is 149. The molecular weight excluding hydrogens is 184 g/mol. The van der Waals surface area contributed by atoms with E-state index in [1.165, 1.54) is 51.7 Å². The van der Waals surface area contributed by atoms with Crippen molar-refractivity contribution < 1.29 is 0 Å². The van der Waals surface area contributed by atoms with Crippen molar-refractivity contribution >= 4 is 0 Å². The van der Waals surface area contributed by atoms with E-state index in [1.54, 1.807) is 0 Å². The largest absolute Gasteiger partial charge is 0.330 e. The van der Waals surface area contributed by atoms with Crippen molar-refractivity contribution in [2.24, 2.45) is 17.6 Å². The number of nitrogens with zero attached hydrogens (tertiary/aromatic N) is 1. The molecule has 1 aliphatic heterocycles. The zero-order valence-corrected chi connectivity index (χ0v) is 10.5. The minimum Gasteiger partial charge on any atom is -0.330 e. The highest BCUT2D eigenvalue weighted by molar-refractivity contribution is 4.74. The number of likely N-dealkylation sites (tertiary alicyclic amines) is 1. The van der Waals surface area contributed by atoms with Gasteiger partial charge in [-0.25, -0.2) is 0 Å². The molecule has 0 radical (unpaired) electrons. The second kappa shape index (κ2) is 7.24. The maximum Gasteiger partial charge on any atom is 0.000724 e. The molecule has 0 saturated carbocycles. The molecule has 1 saturated heterocycles. The smallest absolute Gasteiger partial charge is 0.000724 e. The van der Waals surface area contributed by atoms with E-state index in [4.69, 9.17) is 5.73 Å². The molecule has 0 amide bonds. The third-order valence-corrected chi connectivity index (χ3v) is 3.37. The average Bonchev–Trinajstić information content (AvgIpc) is 2.16. The Balaban J connectivity index is 2.04. The van der Waals surface area contributed by atoms with E-state index in [0.717, 1.165) is 18.4 Å². The standard InChI is InChI=1S/C13H28N2/c1-12-9-13(2)11-15(10-12)8-6-4-3-5-7-14/h12-13H,3-11,14H2,1-2H3. The fourth-order valence-electron chi connectivity index (χ4n) is 2.81. The fourth-order valence-corrected chi connectivity index (χ4v) is 2.81. The van der Waals surface area contributed by atoms with Gasteiger partial charge in [-0.3, -0.25) is 0 Å². The first-order valence-electron chi connectivity index (χ1n) is 6.64. The average molecular weight is 212 g/mol. The van der Waals surface area contributed by atoms with Crippen LogP contribution in [0.2, 0.25) is 0 Å². The van der Waals surface area contributed by atoms with Crippen LogP contribution < -0.4 is 5.73 Å². The summed E-state index contributed by atoms with van der Waals surface area (Å²) in [6, 6.07) is 0. The summed E-state index contributed by atoms with van der Waals surface area (Å²) in [5.74, 6) is 1.80. The lowest BCUT2D eigenvalue weighted by molar-refractivity contribution is 0.139. The number of unbranched alkanes of at least 4 members (excludes halogenated alkanes) is 3. The van der Waals surface area contributed by atoms with Crippen LogP contribution in [0, 0.1) is 11.8 Å². The summed E-state index contributed by atoms with van der Waals surface area (Å²) in [7, 11) is 0. The summed E-state index contributed by atoms with van der Waals surface area (Å²) >= 11 is 0. The van der Waals surface area contributed by atoms with Gasteiger partial charge in [-0.15, -0.1) is 0 Å². The van der Waals surface area contributed by atoms with E-state index in [2.05, 4.69) is 18.7 Å². The van der Waals surface area contributed by atoms with Crippen LogP contribution in [0.25, 0.3) is 0 Å². The minimum absolute atomic E-state index is 0.859. The molecule has 2 atom stereocenters. The minimum atomic E-state index is 0.859. The van der Waals surface area contributed by atoms with Crippen LogP contribution in [0.5, 0.6) is 0 Å². The van der Waals surface area contributed by atoms with Gasteiger partial charge in [0.25, 0.3) is 0 Å². The van der Waals surface area contributed by atoms with E-state index < -0.39 is 0 Å². The van der Waals surface area contributed by atoms with Gasteiger partial charge in [0.2, 0.25) is 0 Å². The quantitative estimate of drug-likeness (QED) is 0.685. The molecule has 2 N–H and O–H groups in total. The first-order valence-corrected chi connectivity index (χ1v) is 6.64. The summed E-state index contributed by atoms with van der Waals surface area (Å²) in [5.41, 5.74) is 5.48. The van der Waals surface area contributed by atoms with E-state index in [-0.39, 0.29) is 0 Å². The van der Waals surface area contributed by atoms with Crippen LogP contribution in [-0.4, -0.2) is 31.1 Å². The van der Waals surface area contributed by atoms with E-state index in [1.807, 2.05) is 0 Å². The Kier molecular flexibility index (Phi) is 6.26. The lowest BCUT2D eigenvalue weighted by atomic mass is 9.92. The Morgan fingerprint density at radius 3 is 2.20 bits per heavy atom. The molecule has 0 aliphatic carbocycles. The second-order valence-electron chi connectivity index (χ2n) is 5.41. The number of hydrogen-bond donors (Lipinski definition) is 1. The van der Waals surface area contributed by atoms with Crippen molar-refractivity contribution in [3.8, 4) is 0 Å². The molecule has 0 spiro atoms. The maximum absolute atomic E-state index is 5.48. The number of nitrogens with two attached hydrogens (primary N) is 1. The van der Waals surface area contributed by atoms with Gasteiger partial charge in [-0.2, -0.15) is 0 Å². The molecule has 0 aromatic carbocycles. The zero-order chi connectivity index (χ0) is 11.1. The predicted molar refractivity (Wildman–Crippen MR) is 66.9 cm³/mol. The van der Waals surface area contributed by atoms with Crippen molar-refractivity contribution in [1.82, 2.24) is 4.90 Å². The van der Waals surface area contributed by atoms with Crippen LogP contribution in [-0.2, 0) is 0 Å². The molecule has 0 aromatic rings. The molecule has 1 heterocycles. The van der Waals surface area contributed by atoms with Crippen molar-refractivity contribution in [3.63, 3.8) is 0 Å². The van der Waals surface area contributed by atoms with Gasteiger partial charge >= 0.3 is 0 Å². The first kappa shape index (κ1) is 13.0. The Hall–Kier alpha value is -0.0800. The van der Waals surface area contributed by atoms with Crippen LogP contribution >= 0.6 is 0 Å². The van der Waals surface area contributed by atoms with Crippen LogP contribution in [0.3, 0.4) is 0 Å². The van der Waals surface area contributed by atoms with Gasteiger partial charge in [-0.05, 0) is 44.2 Å². The third kappa shape index (κ3) is 5.53. The van der Waals surface area contributed by atoms with Crippen molar-refractivity contribution in [3.05, 3.63) is 0 Å². The van der Waals surface area contributed by atoms with Crippen LogP contribution in [0.1, 0.15) is 46.0 Å². The van der Waals surface area contributed by atoms with Gasteiger partial charge in [0.05, 0.1) is 0 Å². The maximum atomic E-state index is 5.48. The van der Waals surface area contributed by atoms with Crippen LogP contribution in [0.15, 0.2) is 0 Å². The molecule has 90 valence electrons. The highest BCUT2D eigenvalue weighted by atomic mass is 15.1. The molecule has 2 nitrogen and oxygen atoms in total. The molecule has 1 aliphatic rings. The number of rotatable bonds is 6. The SMILES string of the molecule is CC1CC(C)CN(CCCCCCN)C1. The molecule has 15 heavy (non-hydrogen) atoms. The Morgan fingerprint density at radius 1 is 1.00 bits per heavy atom. The van der Waals surface area contributed by atoms with Gasteiger partial charge in [-0.1, -0.05) is 26.7 Å². The summed E-state index contributed by atoms with van der Waals surface area (Å²) in [6.07, 6.45) is 6.65. The molecule has 2 unspecified atom stereocenters. The fraction of sp³-hybridized carbons (Fsp3) is 1.00. The topological polar surface area (TPSA) is 29.3 Å². The van der Waals surface area contributed by atoms with E-state index in [9.17, 15) is 0 Å². The van der Waals surface area contributed by atoms with Crippen molar-refractivity contribution in [1.29, 1.82) is 0 Å². The van der Waals surface area contributed by atoms with Gasteiger partial charge in [0.15, 0.2) is 0 Å². The number of piperidine rings is 1. The summed E-state index contributed by atoms with van der Waals surface area (Å²) in [5, 5.41) is 0. The Morgan fingerprint density at radius 2 is 1.60 bits per heavy atom. The lowest BCUT2D eigenvalue weighted by Crippen LogP contribution is -2.39. The van der Waals surface area contributed by atoms with E-state index >= 15 is 0 Å². The molecule has 2 heteroatoms. The third-order valence-electron chi connectivity index (χ3n) is 3.37. The molecule has 0 bridgehead atoms. The molecule has 0 aromatic heterocycles. The summed E-state index contributed by atoms with van der Waals surface area (Å²) in [6.45, 7) is 9.58. The molecular formula is C13H28N2. The summed E-state index contributed by atoms with van der Waals surface area (Å²) < 4.78 is 0. The van der Waals surface area contributed by atoms with Gasteiger partial charge < -0.3 is 10.6 Å². The second-order valence-corrected chi connectivity index (χ2v) is 5.41. The van der Waals surface area contributed by atoms with Crippen molar-refractivity contribution in [2.45, 2.75) is 46.0 Å². The highest BCUT2D eigenvalue weighted by Gasteiger charge is 2.20. The molecule has 1 fully saturated rings. The van der Waals surface area contributed by atoms with Crippen molar-refractivity contribution in [2.75, 3.05) is 26.2 Å². The highest BCUT2D eigenvalue weighted by Crippen LogP contribution is 2.21. The lowest BCUT2D eigenvalue weighted by Gasteiger charge is -2.34. The first-order chi connectivity index (χ1) is 7.22. The van der Waals surface area contributed by atoms with Gasteiger partial charge in [0.1, 0.15) is 0 Å². The monoisotopic (exact) mass is 212 g/mol. The molecule has 1 rings (SSSR count). The Labute approximate surface area is 95.2 Å². The van der Waals surface area contributed by atoms with E-state index in [0.29, 0.717) is 0 Å². The van der Waals surface area contributed by atoms with Gasteiger partial charge in [0, 0.05) is 13.1 Å². The van der Waals surface area contributed by atoms with Crippen LogP contribution in [0.4, 0.5) is 0 Å². The zero-order valence-electron chi connectivity index (χ0n) is 10.5. The number of hydrogen-bond acceptors (Lipinski definition) is 2. The normalized spacial score (nSPS) is 28.2.